The van der Waals surface area contributed by atoms with Gasteiger partial charge in [0.1, 0.15) is 23.0 Å². The molecule has 0 saturated heterocycles. The zero-order chi connectivity index (χ0) is 7.28. The van der Waals surface area contributed by atoms with E-state index in [1.54, 1.807) is 36.9 Å². The second-order valence-corrected chi connectivity index (χ2v) is 2.41. The molecule has 0 heterocycles. The summed E-state index contributed by atoms with van der Waals surface area (Å²) in [6, 6.07) is 0. The normalized spacial score (nSPS) is 9.78. The Hall–Kier alpha value is 0.160. The van der Waals surface area contributed by atoms with Gasteiger partial charge in [-0.05, 0) is 13.8 Å². The van der Waals surface area contributed by atoms with Crippen molar-refractivity contribution in [3.8, 4) is 0 Å². The van der Waals surface area contributed by atoms with Crippen molar-refractivity contribution in [2.75, 3.05) is 6.61 Å². The van der Waals surface area contributed by atoms with Crippen LogP contribution in [0.2, 0.25) is 0 Å². The summed E-state index contributed by atoms with van der Waals surface area (Å²) in [5.41, 5.74) is 0. The Bertz CT molecular complexity index is 92.2. The second kappa shape index (κ2) is 4.99. The van der Waals surface area contributed by atoms with Gasteiger partial charge in [0.15, 0.2) is 6.61 Å². The maximum Gasteiger partial charge on any atom is 0.333 e. The molecular formula is C5H9IO3. The van der Waals surface area contributed by atoms with Crippen molar-refractivity contribution in [1.29, 1.82) is 0 Å². The van der Waals surface area contributed by atoms with Crippen molar-refractivity contribution in [3.05, 3.63) is 0 Å². The van der Waals surface area contributed by atoms with E-state index in [1.807, 2.05) is 0 Å². The van der Waals surface area contributed by atoms with E-state index in [4.69, 9.17) is 4.74 Å². The Kier molecular flexibility index (Phi) is 5.07. The smallest absolute Gasteiger partial charge is 0.333 e. The molecule has 0 bridgehead atoms. The first-order chi connectivity index (χ1) is 4.16. The van der Waals surface area contributed by atoms with E-state index >= 15 is 0 Å². The van der Waals surface area contributed by atoms with Crippen LogP contribution in [0.5, 0.6) is 0 Å². The van der Waals surface area contributed by atoms with Gasteiger partial charge in [-0.3, -0.25) is 0 Å². The van der Waals surface area contributed by atoms with Gasteiger partial charge in [0.05, 0.1) is 6.10 Å². The van der Waals surface area contributed by atoms with Gasteiger partial charge in [-0.25, -0.2) is 4.79 Å². The quantitative estimate of drug-likeness (QED) is 0.554. The number of rotatable bonds is 3. The molecule has 0 N–H and O–H groups in total. The number of carbonyl (C=O) groups is 1. The van der Waals surface area contributed by atoms with Crippen molar-refractivity contribution in [2.45, 2.75) is 20.0 Å². The highest BCUT2D eigenvalue weighted by Gasteiger charge is 2.02. The molecule has 0 radical (unpaired) electrons. The Morgan fingerprint density at radius 3 is 2.56 bits per heavy atom. The molecule has 0 aromatic carbocycles. The summed E-state index contributed by atoms with van der Waals surface area (Å²) in [5, 5.41) is 0. The lowest BCUT2D eigenvalue weighted by Crippen LogP contribution is -2.14. The third kappa shape index (κ3) is 6.04. The van der Waals surface area contributed by atoms with Crippen molar-refractivity contribution >= 4 is 29.0 Å². The lowest BCUT2D eigenvalue weighted by molar-refractivity contribution is -0.148. The second-order valence-electron chi connectivity index (χ2n) is 1.79. The maximum absolute atomic E-state index is 10.5. The molecule has 0 amide bonds. The van der Waals surface area contributed by atoms with E-state index in [0.29, 0.717) is 0 Å². The molecule has 0 unspecified atom stereocenters. The third-order valence-electron chi connectivity index (χ3n) is 0.540. The van der Waals surface area contributed by atoms with E-state index in [-0.39, 0.29) is 18.7 Å². The van der Waals surface area contributed by atoms with Crippen LogP contribution in [-0.2, 0) is 12.6 Å². The SMILES string of the molecule is CC(C)OC(=O)COI. The highest BCUT2D eigenvalue weighted by Crippen LogP contribution is 1.91. The largest absolute Gasteiger partial charge is 0.461 e. The first-order valence-corrected chi connectivity index (χ1v) is 3.48. The Labute approximate surface area is 68.4 Å². The number of hydrogen-bond acceptors (Lipinski definition) is 3. The van der Waals surface area contributed by atoms with Crippen LogP contribution in [0.3, 0.4) is 0 Å². The van der Waals surface area contributed by atoms with Gasteiger partial charge in [0, 0.05) is 0 Å². The van der Waals surface area contributed by atoms with Gasteiger partial charge < -0.3 is 7.80 Å². The molecule has 0 saturated carbocycles. The summed E-state index contributed by atoms with van der Waals surface area (Å²) in [6.45, 7) is 3.62. The van der Waals surface area contributed by atoms with Crippen LogP contribution >= 0.6 is 23.0 Å². The zero-order valence-electron chi connectivity index (χ0n) is 5.39. The summed E-state index contributed by atoms with van der Waals surface area (Å²) < 4.78 is 9.22. The topological polar surface area (TPSA) is 35.5 Å². The summed E-state index contributed by atoms with van der Waals surface area (Å²) in [4.78, 5) is 10.5. The minimum Gasteiger partial charge on any atom is -0.461 e. The summed E-state index contributed by atoms with van der Waals surface area (Å²) in [7, 11) is 0. The number of hydrogen-bond donors (Lipinski definition) is 0. The van der Waals surface area contributed by atoms with E-state index in [9.17, 15) is 4.79 Å². The summed E-state index contributed by atoms with van der Waals surface area (Å²) >= 11 is 1.65. The third-order valence-corrected chi connectivity index (χ3v) is 0.851. The number of halogens is 1. The van der Waals surface area contributed by atoms with Gasteiger partial charge in [0.25, 0.3) is 0 Å². The molecular weight excluding hydrogens is 235 g/mol. The van der Waals surface area contributed by atoms with Gasteiger partial charge >= 0.3 is 5.97 Å². The first-order valence-electron chi connectivity index (χ1n) is 2.60. The zero-order valence-corrected chi connectivity index (χ0v) is 7.54. The highest BCUT2D eigenvalue weighted by molar-refractivity contribution is 14.1. The number of carbonyl (C=O) groups excluding carboxylic acids is 1. The fraction of sp³-hybridized carbons (Fsp3) is 0.800. The van der Waals surface area contributed by atoms with Crippen LogP contribution in [0.1, 0.15) is 13.8 Å². The molecule has 0 rings (SSSR count). The van der Waals surface area contributed by atoms with Crippen molar-refractivity contribution in [1.82, 2.24) is 0 Å². The van der Waals surface area contributed by atoms with E-state index in [2.05, 4.69) is 3.07 Å². The molecule has 3 nitrogen and oxygen atoms in total. The van der Waals surface area contributed by atoms with Gasteiger partial charge in [-0.15, -0.1) is 0 Å². The monoisotopic (exact) mass is 244 g/mol. The molecule has 0 aliphatic rings. The molecule has 0 aromatic heterocycles. The lowest BCUT2D eigenvalue weighted by atomic mass is 10.5. The molecule has 0 atom stereocenters. The maximum atomic E-state index is 10.5. The number of esters is 1. The van der Waals surface area contributed by atoms with Crippen LogP contribution in [0.25, 0.3) is 0 Å². The minimum atomic E-state index is -0.320. The summed E-state index contributed by atoms with van der Waals surface area (Å²) in [6.07, 6.45) is -0.0518. The Morgan fingerprint density at radius 1 is 1.67 bits per heavy atom. The molecule has 0 aliphatic heterocycles. The lowest BCUT2D eigenvalue weighted by Gasteiger charge is -2.04. The highest BCUT2D eigenvalue weighted by atomic mass is 127. The van der Waals surface area contributed by atoms with Crippen LogP contribution < -0.4 is 0 Å². The van der Waals surface area contributed by atoms with Gasteiger partial charge in [-0.2, -0.15) is 0 Å². The Morgan fingerprint density at radius 2 is 2.22 bits per heavy atom. The van der Waals surface area contributed by atoms with Crippen molar-refractivity contribution < 1.29 is 12.6 Å². The molecule has 0 aromatic rings. The Balaban J connectivity index is 3.27. The molecule has 0 fully saturated rings. The predicted molar refractivity (Wildman–Crippen MR) is 41.2 cm³/mol. The van der Waals surface area contributed by atoms with E-state index in [0.717, 1.165) is 0 Å². The standard InChI is InChI=1S/C5H9IO3/c1-4(2)9-5(7)3-8-6/h4H,3H2,1-2H3. The van der Waals surface area contributed by atoms with Gasteiger partial charge in [0.2, 0.25) is 0 Å². The van der Waals surface area contributed by atoms with Crippen LogP contribution in [0.15, 0.2) is 0 Å². The average Bonchev–Trinajstić information content (AvgIpc) is 1.63. The fourth-order valence-corrected chi connectivity index (χ4v) is 0.596. The predicted octanol–water partition coefficient (Wildman–Crippen LogP) is 1.30. The molecule has 9 heavy (non-hydrogen) atoms. The fourth-order valence-electron chi connectivity index (χ4n) is 0.341. The van der Waals surface area contributed by atoms with E-state index < -0.39 is 0 Å². The number of ether oxygens (including phenoxy) is 1. The molecule has 54 valence electrons. The van der Waals surface area contributed by atoms with Crippen molar-refractivity contribution in [3.63, 3.8) is 0 Å². The molecule has 4 heteroatoms. The van der Waals surface area contributed by atoms with Crippen LogP contribution in [0, 0.1) is 0 Å². The first kappa shape index (κ1) is 9.16. The van der Waals surface area contributed by atoms with Crippen LogP contribution in [-0.4, -0.2) is 18.7 Å². The van der Waals surface area contributed by atoms with Gasteiger partial charge in [-0.1, -0.05) is 0 Å². The average molecular weight is 244 g/mol. The minimum absolute atomic E-state index is 0.0265. The summed E-state index contributed by atoms with van der Waals surface area (Å²) in [5.74, 6) is -0.320. The molecule has 0 aliphatic carbocycles. The van der Waals surface area contributed by atoms with Crippen molar-refractivity contribution in [2.24, 2.45) is 0 Å². The van der Waals surface area contributed by atoms with E-state index in [1.165, 1.54) is 0 Å². The van der Waals surface area contributed by atoms with Crippen LogP contribution in [0.4, 0.5) is 0 Å². The molecule has 0 spiro atoms.